The van der Waals surface area contributed by atoms with Gasteiger partial charge >= 0.3 is 0 Å². The predicted octanol–water partition coefficient (Wildman–Crippen LogP) is 1.99. The minimum absolute atomic E-state index is 0.320. The molecule has 0 radical (unpaired) electrons. The molecule has 0 aliphatic heterocycles. The van der Waals surface area contributed by atoms with E-state index in [1.54, 1.807) is 0 Å². The summed E-state index contributed by atoms with van der Waals surface area (Å²) in [6.45, 7) is 0. The quantitative estimate of drug-likeness (QED) is 0.508. The van der Waals surface area contributed by atoms with E-state index in [0.29, 0.717) is 16.3 Å². The first-order chi connectivity index (χ1) is 8.19. The summed E-state index contributed by atoms with van der Waals surface area (Å²) in [5, 5.41) is 1.55. The van der Waals surface area contributed by atoms with Crippen LogP contribution in [0.2, 0.25) is 5.02 Å². The molecule has 3 N–H and O–H groups in total. The number of benzene rings is 1. The van der Waals surface area contributed by atoms with Crippen molar-refractivity contribution >= 4 is 28.8 Å². The minimum Gasteiger partial charge on any atom is -0.289 e. The van der Waals surface area contributed by atoms with E-state index in [2.05, 4.69) is 10.4 Å². The van der Waals surface area contributed by atoms with Gasteiger partial charge in [-0.05, 0) is 17.7 Å². The summed E-state index contributed by atoms with van der Waals surface area (Å²) in [5.74, 6) is 4.73. The molecular weight excluding hydrogens is 258 g/mol. The molecule has 17 heavy (non-hydrogen) atoms. The molecule has 0 fully saturated rings. The number of hydrogen-bond donors (Lipinski definition) is 2. The van der Waals surface area contributed by atoms with Gasteiger partial charge in [0.05, 0.1) is 11.2 Å². The van der Waals surface area contributed by atoms with Gasteiger partial charge in [0.2, 0.25) is 0 Å². The molecule has 0 atom stereocenters. The van der Waals surface area contributed by atoms with Crippen molar-refractivity contribution < 1.29 is 4.79 Å². The smallest absolute Gasteiger partial charge is 0.276 e. The Morgan fingerprint density at radius 3 is 3.06 bits per heavy atom. The van der Waals surface area contributed by atoms with Crippen LogP contribution in [0.15, 0.2) is 30.5 Å². The summed E-state index contributed by atoms with van der Waals surface area (Å²) in [7, 11) is 0. The molecule has 0 spiro atoms. The van der Waals surface area contributed by atoms with Gasteiger partial charge in [-0.15, -0.1) is 11.3 Å². The molecule has 2 rings (SSSR count). The standard InChI is InChI=1S/C11H10ClN3OS/c12-8-3-1-2-7(4-8)5-10-14-6-9(17-10)11(16)15-13/h1-4,6H,5,13H2,(H,15,16). The van der Waals surface area contributed by atoms with Gasteiger partial charge in [0.25, 0.3) is 5.91 Å². The van der Waals surface area contributed by atoms with Crippen molar-refractivity contribution in [1.29, 1.82) is 0 Å². The van der Waals surface area contributed by atoms with Crippen LogP contribution < -0.4 is 11.3 Å². The molecule has 2 aromatic rings. The fourth-order valence-corrected chi connectivity index (χ4v) is 2.46. The van der Waals surface area contributed by atoms with Crippen LogP contribution in [0.3, 0.4) is 0 Å². The van der Waals surface area contributed by atoms with Gasteiger partial charge < -0.3 is 0 Å². The maximum Gasteiger partial charge on any atom is 0.276 e. The maximum atomic E-state index is 11.2. The Hall–Kier alpha value is -1.43. The number of thiazole rings is 1. The van der Waals surface area contributed by atoms with Crippen molar-refractivity contribution in [1.82, 2.24) is 10.4 Å². The van der Waals surface area contributed by atoms with E-state index in [1.807, 2.05) is 24.3 Å². The van der Waals surface area contributed by atoms with Crippen LogP contribution in [-0.2, 0) is 6.42 Å². The fourth-order valence-electron chi connectivity index (χ4n) is 1.39. The third-order valence-corrected chi connectivity index (χ3v) is 3.38. The second kappa shape index (κ2) is 5.27. The third-order valence-electron chi connectivity index (χ3n) is 2.15. The Balaban J connectivity index is 2.14. The SMILES string of the molecule is NNC(=O)c1cnc(Cc2cccc(Cl)c2)s1. The highest BCUT2D eigenvalue weighted by Gasteiger charge is 2.09. The zero-order valence-electron chi connectivity index (χ0n) is 8.81. The van der Waals surface area contributed by atoms with E-state index in [4.69, 9.17) is 17.4 Å². The van der Waals surface area contributed by atoms with Gasteiger partial charge in [-0.2, -0.15) is 0 Å². The van der Waals surface area contributed by atoms with E-state index in [0.717, 1.165) is 10.6 Å². The van der Waals surface area contributed by atoms with Crippen molar-refractivity contribution in [3.05, 3.63) is 50.9 Å². The Kier molecular flexibility index (Phi) is 3.73. The highest BCUT2D eigenvalue weighted by molar-refractivity contribution is 7.13. The third kappa shape index (κ3) is 3.03. The molecular formula is C11H10ClN3OS. The number of carbonyl (C=O) groups is 1. The fraction of sp³-hybridized carbons (Fsp3) is 0.0909. The number of nitrogens with one attached hydrogen (secondary N) is 1. The molecule has 1 aromatic carbocycles. The van der Waals surface area contributed by atoms with Crippen molar-refractivity contribution in [2.75, 3.05) is 0 Å². The topological polar surface area (TPSA) is 68.0 Å². The number of hydrazine groups is 1. The van der Waals surface area contributed by atoms with E-state index in [1.165, 1.54) is 17.5 Å². The first-order valence-corrected chi connectivity index (χ1v) is 6.08. The first-order valence-electron chi connectivity index (χ1n) is 4.89. The van der Waals surface area contributed by atoms with Crippen LogP contribution in [-0.4, -0.2) is 10.9 Å². The molecule has 0 saturated heterocycles. The number of nitrogens with zero attached hydrogens (tertiary/aromatic N) is 1. The average Bonchev–Trinajstić information content (AvgIpc) is 2.76. The molecule has 4 nitrogen and oxygen atoms in total. The molecule has 1 amide bonds. The van der Waals surface area contributed by atoms with E-state index in [9.17, 15) is 4.79 Å². The lowest BCUT2D eigenvalue weighted by molar-refractivity contribution is 0.0957. The van der Waals surface area contributed by atoms with Gasteiger partial charge in [0.1, 0.15) is 4.88 Å². The molecule has 0 saturated carbocycles. The van der Waals surface area contributed by atoms with E-state index in [-0.39, 0.29) is 5.91 Å². The lowest BCUT2D eigenvalue weighted by Crippen LogP contribution is -2.29. The van der Waals surface area contributed by atoms with E-state index < -0.39 is 0 Å². The van der Waals surface area contributed by atoms with Gasteiger partial charge in [-0.1, -0.05) is 23.7 Å². The highest BCUT2D eigenvalue weighted by Crippen LogP contribution is 2.18. The number of carbonyl (C=O) groups excluding carboxylic acids is 1. The number of nitrogen functional groups attached to an aromatic ring is 1. The largest absolute Gasteiger partial charge is 0.289 e. The maximum absolute atomic E-state index is 11.2. The normalized spacial score (nSPS) is 10.2. The summed E-state index contributed by atoms with van der Waals surface area (Å²) in [4.78, 5) is 15.9. The van der Waals surface area contributed by atoms with Crippen LogP contribution >= 0.6 is 22.9 Å². The Bertz CT molecular complexity index is 541. The summed E-state index contributed by atoms with van der Waals surface area (Å²) in [6.07, 6.45) is 2.18. The van der Waals surface area contributed by atoms with Crippen LogP contribution in [0.1, 0.15) is 20.2 Å². The van der Waals surface area contributed by atoms with Gasteiger partial charge in [-0.25, -0.2) is 10.8 Å². The van der Waals surface area contributed by atoms with Crippen molar-refractivity contribution in [2.45, 2.75) is 6.42 Å². The summed E-state index contributed by atoms with van der Waals surface area (Å²) < 4.78 is 0. The molecule has 88 valence electrons. The van der Waals surface area contributed by atoms with Crippen LogP contribution in [0.25, 0.3) is 0 Å². The molecule has 1 heterocycles. The van der Waals surface area contributed by atoms with Gasteiger partial charge in [0.15, 0.2) is 0 Å². The van der Waals surface area contributed by atoms with Crippen molar-refractivity contribution in [3.8, 4) is 0 Å². The first kappa shape index (κ1) is 12.0. The van der Waals surface area contributed by atoms with Crippen molar-refractivity contribution in [3.63, 3.8) is 0 Å². The second-order valence-corrected chi connectivity index (χ2v) is 4.95. The molecule has 0 aliphatic rings. The van der Waals surface area contributed by atoms with E-state index >= 15 is 0 Å². The van der Waals surface area contributed by atoms with Crippen LogP contribution in [0.4, 0.5) is 0 Å². The highest BCUT2D eigenvalue weighted by atomic mass is 35.5. The monoisotopic (exact) mass is 267 g/mol. The van der Waals surface area contributed by atoms with Gasteiger partial charge in [0, 0.05) is 11.4 Å². The molecule has 0 aliphatic carbocycles. The van der Waals surface area contributed by atoms with Crippen molar-refractivity contribution in [2.24, 2.45) is 5.84 Å². The van der Waals surface area contributed by atoms with Crippen LogP contribution in [0, 0.1) is 0 Å². The molecule has 0 bridgehead atoms. The Morgan fingerprint density at radius 2 is 2.35 bits per heavy atom. The summed E-state index contributed by atoms with van der Waals surface area (Å²) in [5.41, 5.74) is 3.14. The number of hydrogen-bond acceptors (Lipinski definition) is 4. The lowest BCUT2D eigenvalue weighted by Gasteiger charge is -1.98. The molecule has 0 unspecified atom stereocenters. The minimum atomic E-state index is -0.320. The second-order valence-electron chi connectivity index (χ2n) is 3.40. The average molecular weight is 268 g/mol. The zero-order chi connectivity index (χ0) is 12.3. The van der Waals surface area contributed by atoms with Gasteiger partial charge in [-0.3, -0.25) is 10.2 Å². The lowest BCUT2D eigenvalue weighted by atomic mass is 10.2. The molecule has 1 aromatic heterocycles. The summed E-state index contributed by atoms with van der Waals surface area (Å²) in [6, 6.07) is 7.56. The number of amides is 1. The zero-order valence-corrected chi connectivity index (χ0v) is 10.4. The molecule has 6 heteroatoms. The predicted molar refractivity (Wildman–Crippen MR) is 68.0 cm³/mol. The number of aromatic nitrogens is 1. The van der Waals surface area contributed by atoms with Crippen LogP contribution in [0.5, 0.6) is 0 Å². The summed E-state index contributed by atoms with van der Waals surface area (Å²) >= 11 is 7.21. The number of rotatable bonds is 3. The number of nitrogens with two attached hydrogens (primary N) is 1. The Morgan fingerprint density at radius 1 is 1.53 bits per heavy atom. The number of halogens is 1. The Labute approximate surface area is 107 Å².